The third-order valence-electron chi connectivity index (χ3n) is 3.00. The Morgan fingerprint density at radius 1 is 1.25 bits per heavy atom. The number of rotatable bonds is 1. The number of amides is 1. The molecule has 0 spiro atoms. The van der Waals surface area contributed by atoms with Crippen molar-refractivity contribution >= 4 is 21.8 Å². The summed E-state index contributed by atoms with van der Waals surface area (Å²) in [6.07, 6.45) is 3.52. The molecular weight excluding hydrogens is 266 g/mol. The Bertz CT molecular complexity index is 397. The number of aryl methyl sites for hydroxylation is 1. The molecule has 0 bridgehead atoms. The van der Waals surface area contributed by atoms with Gasteiger partial charge in [-0.25, -0.2) is 0 Å². The number of piperidine rings is 1. The predicted octanol–water partition coefficient (Wildman–Crippen LogP) is 3.38. The number of halogens is 1. The summed E-state index contributed by atoms with van der Waals surface area (Å²) in [5.74, 6) is 0.162. The highest BCUT2D eigenvalue weighted by molar-refractivity contribution is 9.10. The molecule has 3 heteroatoms. The highest BCUT2D eigenvalue weighted by Gasteiger charge is 2.19. The summed E-state index contributed by atoms with van der Waals surface area (Å²) < 4.78 is 0.897. The molecule has 1 aromatic carbocycles. The Balaban J connectivity index is 2.22. The number of carbonyl (C=O) groups is 1. The minimum atomic E-state index is 0.162. The maximum Gasteiger partial charge on any atom is 0.255 e. The van der Waals surface area contributed by atoms with Gasteiger partial charge in [0.05, 0.1) is 5.56 Å². The van der Waals surface area contributed by atoms with E-state index < -0.39 is 0 Å². The van der Waals surface area contributed by atoms with E-state index in [4.69, 9.17) is 0 Å². The molecule has 1 amide bonds. The molecule has 86 valence electrons. The predicted molar refractivity (Wildman–Crippen MR) is 68.6 cm³/mol. The van der Waals surface area contributed by atoms with Gasteiger partial charge in [-0.2, -0.15) is 0 Å². The monoisotopic (exact) mass is 281 g/mol. The molecule has 0 radical (unpaired) electrons. The average Bonchev–Trinajstić information content (AvgIpc) is 2.32. The molecule has 16 heavy (non-hydrogen) atoms. The van der Waals surface area contributed by atoms with E-state index in [0.29, 0.717) is 0 Å². The molecule has 1 aliphatic rings. The largest absolute Gasteiger partial charge is 0.339 e. The van der Waals surface area contributed by atoms with Gasteiger partial charge < -0.3 is 4.90 Å². The van der Waals surface area contributed by atoms with Crippen LogP contribution in [0.4, 0.5) is 0 Å². The second kappa shape index (κ2) is 5.00. The number of nitrogens with zero attached hydrogens (tertiary/aromatic N) is 1. The van der Waals surface area contributed by atoms with Crippen LogP contribution in [0.1, 0.15) is 35.2 Å². The lowest BCUT2D eigenvalue weighted by atomic mass is 10.1. The van der Waals surface area contributed by atoms with Gasteiger partial charge in [-0.1, -0.05) is 11.6 Å². The van der Waals surface area contributed by atoms with Crippen LogP contribution in [0.2, 0.25) is 0 Å². The summed E-state index contributed by atoms with van der Waals surface area (Å²) in [5.41, 5.74) is 1.92. The van der Waals surface area contributed by atoms with Gasteiger partial charge in [0.15, 0.2) is 0 Å². The Kier molecular flexibility index (Phi) is 3.64. The highest BCUT2D eigenvalue weighted by atomic mass is 79.9. The molecule has 1 fully saturated rings. The van der Waals surface area contributed by atoms with Gasteiger partial charge in [-0.3, -0.25) is 4.79 Å². The highest BCUT2D eigenvalue weighted by Crippen LogP contribution is 2.21. The number of hydrogen-bond acceptors (Lipinski definition) is 1. The van der Waals surface area contributed by atoms with E-state index in [1.807, 2.05) is 30.0 Å². The molecule has 0 aromatic heterocycles. The first-order chi connectivity index (χ1) is 7.68. The normalized spacial score (nSPS) is 16.2. The van der Waals surface area contributed by atoms with E-state index in [1.54, 1.807) is 0 Å². The van der Waals surface area contributed by atoms with Gasteiger partial charge in [0.25, 0.3) is 5.91 Å². The number of carbonyl (C=O) groups excluding carboxylic acids is 1. The zero-order chi connectivity index (χ0) is 11.5. The minimum absolute atomic E-state index is 0.162. The van der Waals surface area contributed by atoms with Crippen molar-refractivity contribution in [2.24, 2.45) is 0 Å². The molecule has 1 heterocycles. The summed E-state index contributed by atoms with van der Waals surface area (Å²) in [4.78, 5) is 14.2. The Labute approximate surface area is 105 Å². The molecule has 2 nitrogen and oxygen atoms in total. The Morgan fingerprint density at radius 2 is 1.94 bits per heavy atom. The third kappa shape index (κ3) is 2.46. The first-order valence-corrected chi connectivity index (χ1v) is 6.53. The molecule has 0 aliphatic carbocycles. The average molecular weight is 282 g/mol. The summed E-state index contributed by atoms with van der Waals surface area (Å²) in [5, 5.41) is 0. The van der Waals surface area contributed by atoms with E-state index in [1.165, 1.54) is 6.42 Å². The zero-order valence-electron chi connectivity index (χ0n) is 9.50. The van der Waals surface area contributed by atoms with Crippen LogP contribution in [0.3, 0.4) is 0 Å². The summed E-state index contributed by atoms with van der Waals surface area (Å²) in [7, 11) is 0. The molecule has 0 N–H and O–H groups in total. The van der Waals surface area contributed by atoms with Crippen LogP contribution in [-0.4, -0.2) is 23.9 Å². The fourth-order valence-electron chi connectivity index (χ4n) is 2.07. The van der Waals surface area contributed by atoms with E-state index in [9.17, 15) is 4.79 Å². The van der Waals surface area contributed by atoms with Crippen LogP contribution in [0, 0.1) is 6.92 Å². The third-order valence-corrected chi connectivity index (χ3v) is 3.69. The van der Waals surface area contributed by atoms with Gasteiger partial charge in [0.2, 0.25) is 0 Å². The quantitative estimate of drug-likeness (QED) is 0.773. The number of benzene rings is 1. The summed E-state index contributed by atoms with van der Waals surface area (Å²) in [6, 6.07) is 5.92. The van der Waals surface area contributed by atoms with E-state index in [2.05, 4.69) is 15.9 Å². The van der Waals surface area contributed by atoms with Crippen molar-refractivity contribution in [3.63, 3.8) is 0 Å². The molecule has 1 aromatic rings. The van der Waals surface area contributed by atoms with Crippen molar-refractivity contribution in [2.45, 2.75) is 26.2 Å². The lowest BCUT2D eigenvalue weighted by Gasteiger charge is -2.27. The van der Waals surface area contributed by atoms with Crippen LogP contribution >= 0.6 is 15.9 Å². The minimum Gasteiger partial charge on any atom is -0.339 e. The van der Waals surface area contributed by atoms with Crippen molar-refractivity contribution in [1.29, 1.82) is 0 Å². The number of likely N-dealkylation sites (tertiary alicyclic amines) is 1. The van der Waals surface area contributed by atoms with Crippen molar-refractivity contribution in [3.8, 4) is 0 Å². The molecule has 0 saturated carbocycles. The lowest BCUT2D eigenvalue weighted by Crippen LogP contribution is -2.35. The zero-order valence-corrected chi connectivity index (χ0v) is 11.1. The summed E-state index contributed by atoms with van der Waals surface area (Å²) in [6.45, 7) is 3.82. The van der Waals surface area contributed by atoms with Crippen LogP contribution in [-0.2, 0) is 0 Å². The molecule has 2 rings (SSSR count). The summed E-state index contributed by atoms with van der Waals surface area (Å²) >= 11 is 3.45. The fraction of sp³-hybridized carbons (Fsp3) is 0.462. The van der Waals surface area contributed by atoms with Crippen molar-refractivity contribution in [3.05, 3.63) is 33.8 Å². The number of hydrogen-bond donors (Lipinski definition) is 0. The van der Waals surface area contributed by atoms with Gasteiger partial charge in [0.1, 0.15) is 0 Å². The van der Waals surface area contributed by atoms with Crippen molar-refractivity contribution < 1.29 is 4.79 Å². The molecule has 1 saturated heterocycles. The maximum absolute atomic E-state index is 12.3. The van der Waals surface area contributed by atoms with Gasteiger partial charge >= 0.3 is 0 Å². The van der Waals surface area contributed by atoms with Crippen LogP contribution < -0.4 is 0 Å². The van der Waals surface area contributed by atoms with Gasteiger partial charge in [-0.05, 0) is 54.2 Å². The van der Waals surface area contributed by atoms with E-state index in [0.717, 1.165) is 41.5 Å². The van der Waals surface area contributed by atoms with Crippen LogP contribution in [0.5, 0.6) is 0 Å². The van der Waals surface area contributed by atoms with Crippen LogP contribution in [0.25, 0.3) is 0 Å². The second-order valence-corrected chi connectivity index (χ2v) is 5.19. The Morgan fingerprint density at radius 3 is 2.62 bits per heavy atom. The maximum atomic E-state index is 12.3. The van der Waals surface area contributed by atoms with E-state index >= 15 is 0 Å². The van der Waals surface area contributed by atoms with Crippen LogP contribution in [0.15, 0.2) is 22.7 Å². The topological polar surface area (TPSA) is 20.3 Å². The van der Waals surface area contributed by atoms with Gasteiger partial charge in [0, 0.05) is 17.6 Å². The van der Waals surface area contributed by atoms with Gasteiger partial charge in [-0.15, -0.1) is 0 Å². The smallest absolute Gasteiger partial charge is 0.255 e. The molecule has 0 atom stereocenters. The first kappa shape index (κ1) is 11.6. The lowest BCUT2D eigenvalue weighted by molar-refractivity contribution is 0.0723. The van der Waals surface area contributed by atoms with E-state index in [-0.39, 0.29) is 5.91 Å². The molecular formula is C13H16BrNO. The SMILES string of the molecule is Cc1ccc(Br)c(C(=O)N2CCCCC2)c1. The van der Waals surface area contributed by atoms with Crippen molar-refractivity contribution in [1.82, 2.24) is 4.90 Å². The van der Waals surface area contributed by atoms with Crippen molar-refractivity contribution in [2.75, 3.05) is 13.1 Å². The molecule has 1 aliphatic heterocycles. The fourth-order valence-corrected chi connectivity index (χ4v) is 2.49. The molecule has 0 unspecified atom stereocenters. The second-order valence-electron chi connectivity index (χ2n) is 4.34. The first-order valence-electron chi connectivity index (χ1n) is 5.74. The standard InChI is InChI=1S/C13H16BrNO/c1-10-5-6-12(14)11(9-10)13(16)15-7-3-2-4-8-15/h5-6,9H,2-4,7-8H2,1H3. The Hall–Kier alpha value is -0.830.